The summed E-state index contributed by atoms with van der Waals surface area (Å²) < 4.78 is 11.7. The highest BCUT2D eigenvalue weighted by Crippen LogP contribution is 2.40. The van der Waals surface area contributed by atoms with Gasteiger partial charge in [0.1, 0.15) is 17.6 Å². The first-order valence-electron chi connectivity index (χ1n) is 8.64. The normalized spacial score (nSPS) is 19.8. The van der Waals surface area contributed by atoms with E-state index in [0.717, 1.165) is 40.3 Å². The van der Waals surface area contributed by atoms with Crippen LogP contribution < -0.4 is 14.4 Å². The summed E-state index contributed by atoms with van der Waals surface area (Å²) in [5, 5.41) is 0. The second kappa shape index (κ2) is 5.96. The van der Waals surface area contributed by atoms with Crippen LogP contribution in [0.3, 0.4) is 0 Å². The number of ether oxygens (including phenoxy) is 2. The van der Waals surface area contributed by atoms with E-state index < -0.39 is 0 Å². The molecular weight excluding hydrogens is 314 g/mol. The number of likely N-dealkylation sites (N-methyl/N-ethyl adjacent to an activating group) is 1. The van der Waals surface area contributed by atoms with Crippen LogP contribution in [0, 0.1) is 0 Å². The maximum atomic E-state index is 12.7. The van der Waals surface area contributed by atoms with E-state index in [1.54, 1.807) is 11.9 Å². The van der Waals surface area contributed by atoms with Crippen LogP contribution in [0.15, 0.2) is 36.4 Å². The quantitative estimate of drug-likeness (QED) is 0.798. The molecule has 0 bridgehead atoms. The molecule has 2 aromatic rings. The number of anilines is 1. The molecule has 2 aliphatic rings. The lowest BCUT2D eigenvalue weighted by atomic mass is 10.0. The van der Waals surface area contributed by atoms with Gasteiger partial charge in [-0.15, -0.1) is 0 Å². The third kappa shape index (κ3) is 2.58. The van der Waals surface area contributed by atoms with Gasteiger partial charge in [-0.3, -0.25) is 4.79 Å². The lowest BCUT2D eigenvalue weighted by Gasteiger charge is -2.11. The van der Waals surface area contributed by atoms with E-state index in [2.05, 4.69) is 6.92 Å². The van der Waals surface area contributed by atoms with E-state index in [9.17, 15) is 4.79 Å². The van der Waals surface area contributed by atoms with Crippen LogP contribution in [0.2, 0.25) is 0 Å². The van der Waals surface area contributed by atoms with Gasteiger partial charge in [0.25, 0.3) is 5.91 Å². The van der Waals surface area contributed by atoms with Crippen molar-refractivity contribution < 1.29 is 14.3 Å². The van der Waals surface area contributed by atoms with E-state index in [1.807, 2.05) is 49.4 Å². The van der Waals surface area contributed by atoms with Gasteiger partial charge in [-0.25, -0.2) is 0 Å². The Morgan fingerprint density at radius 2 is 2.12 bits per heavy atom. The maximum Gasteiger partial charge on any atom is 0.258 e. The number of carbonyl (C=O) groups is 1. The molecule has 0 aromatic heterocycles. The standard InChI is InChI=1S/C21H21NO3/c1-4-24-19-11-14-9-13(2)25-20(14)12-15(19)10-17-16-7-5-6-8-18(16)22(3)21(17)23/h5-8,10-13H,4,9H2,1-3H3/b17-10+. The van der Waals surface area contributed by atoms with Crippen LogP contribution in [0.4, 0.5) is 5.69 Å². The van der Waals surface area contributed by atoms with Crippen LogP contribution in [0.25, 0.3) is 11.6 Å². The topological polar surface area (TPSA) is 38.8 Å². The molecule has 2 heterocycles. The van der Waals surface area contributed by atoms with Gasteiger partial charge in [-0.05, 0) is 38.1 Å². The van der Waals surface area contributed by atoms with Crippen molar-refractivity contribution in [3.63, 3.8) is 0 Å². The lowest BCUT2D eigenvalue weighted by molar-refractivity contribution is -0.112. The van der Waals surface area contributed by atoms with Gasteiger partial charge in [0.2, 0.25) is 0 Å². The van der Waals surface area contributed by atoms with Gasteiger partial charge in [0.15, 0.2) is 0 Å². The van der Waals surface area contributed by atoms with Crippen molar-refractivity contribution in [2.24, 2.45) is 0 Å². The van der Waals surface area contributed by atoms with Crippen molar-refractivity contribution in [3.05, 3.63) is 53.1 Å². The van der Waals surface area contributed by atoms with Crippen LogP contribution >= 0.6 is 0 Å². The first kappa shape index (κ1) is 15.8. The molecule has 0 fully saturated rings. The molecule has 1 atom stereocenters. The van der Waals surface area contributed by atoms with Gasteiger partial charge in [0, 0.05) is 35.7 Å². The molecule has 4 heteroatoms. The summed E-state index contributed by atoms with van der Waals surface area (Å²) in [7, 11) is 1.80. The van der Waals surface area contributed by atoms with Gasteiger partial charge in [0.05, 0.1) is 12.3 Å². The Kier molecular flexibility index (Phi) is 3.75. The molecule has 0 aliphatic carbocycles. The number of benzene rings is 2. The van der Waals surface area contributed by atoms with Crippen molar-refractivity contribution >= 4 is 23.2 Å². The second-order valence-electron chi connectivity index (χ2n) is 6.50. The molecule has 2 aromatic carbocycles. The van der Waals surface area contributed by atoms with Gasteiger partial charge < -0.3 is 14.4 Å². The Morgan fingerprint density at radius 3 is 2.92 bits per heavy atom. The summed E-state index contributed by atoms with van der Waals surface area (Å²) in [6.07, 6.45) is 2.98. The predicted molar refractivity (Wildman–Crippen MR) is 99.1 cm³/mol. The number of para-hydroxylation sites is 1. The van der Waals surface area contributed by atoms with Crippen molar-refractivity contribution in [2.75, 3.05) is 18.6 Å². The summed E-state index contributed by atoms with van der Waals surface area (Å²) in [5.74, 6) is 1.68. The van der Waals surface area contributed by atoms with Crippen LogP contribution in [0.1, 0.15) is 30.5 Å². The number of hydrogen-bond donors (Lipinski definition) is 0. The molecule has 0 saturated heterocycles. The molecular formula is C21H21NO3. The largest absolute Gasteiger partial charge is 0.493 e. The summed E-state index contributed by atoms with van der Waals surface area (Å²) in [6.45, 7) is 4.60. The minimum Gasteiger partial charge on any atom is -0.493 e. The Balaban J connectivity index is 1.84. The van der Waals surface area contributed by atoms with Crippen LogP contribution in [-0.4, -0.2) is 25.7 Å². The third-order valence-corrected chi connectivity index (χ3v) is 4.72. The van der Waals surface area contributed by atoms with Crippen molar-refractivity contribution in [1.29, 1.82) is 0 Å². The number of carbonyl (C=O) groups excluding carboxylic acids is 1. The highest BCUT2D eigenvalue weighted by Gasteiger charge is 2.30. The minimum atomic E-state index is -0.00145. The van der Waals surface area contributed by atoms with Crippen molar-refractivity contribution in [2.45, 2.75) is 26.4 Å². The molecule has 4 rings (SSSR count). The van der Waals surface area contributed by atoms with Gasteiger partial charge in [-0.2, -0.15) is 0 Å². The predicted octanol–water partition coefficient (Wildman–Crippen LogP) is 3.93. The number of hydrogen-bond acceptors (Lipinski definition) is 3. The first-order valence-corrected chi connectivity index (χ1v) is 8.64. The fraction of sp³-hybridized carbons (Fsp3) is 0.286. The fourth-order valence-electron chi connectivity index (χ4n) is 3.54. The fourth-order valence-corrected chi connectivity index (χ4v) is 3.54. The Hall–Kier alpha value is -2.75. The number of fused-ring (bicyclic) bond motifs is 2. The second-order valence-corrected chi connectivity index (χ2v) is 6.50. The van der Waals surface area contributed by atoms with Crippen LogP contribution in [0.5, 0.6) is 11.5 Å². The molecule has 2 aliphatic heterocycles. The van der Waals surface area contributed by atoms with Crippen LogP contribution in [-0.2, 0) is 11.2 Å². The summed E-state index contributed by atoms with van der Waals surface area (Å²) >= 11 is 0. The number of nitrogens with zero attached hydrogens (tertiary/aromatic N) is 1. The highest BCUT2D eigenvalue weighted by atomic mass is 16.5. The summed E-state index contributed by atoms with van der Waals surface area (Å²) in [5.41, 5.74) is 4.61. The molecule has 0 spiro atoms. The summed E-state index contributed by atoms with van der Waals surface area (Å²) in [4.78, 5) is 14.4. The SMILES string of the molecule is CCOc1cc2c(cc1/C=C1/C(=O)N(C)c3ccccc31)OC(C)C2. The zero-order valence-electron chi connectivity index (χ0n) is 14.7. The molecule has 0 saturated carbocycles. The van der Waals surface area contributed by atoms with E-state index in [0.29, 0.717) is 12.2 Å². The zero-order chi connectivity index (χ0) is 17.6. The van der Waals surface area contributed by atoms with E-state index in [-0.39, 0.29) is 12.0 Å². The third-order valence-electron chi connectivity index (χ3n) is 4.72. The first-order chi connectivity index (χ1) is 12.1. The number of amides is 1. The maximum absolute atomic E-state index is 12.7. The van der Waals surface area contributed by atoms with Gasteiger partial charge in [-0.1, -0.05) is 18.2 Å². The van der Waals surface area contributed by atoms with Crippen molar-refractivity contribution in [3.8, 4) is 11.5 Å². The Labute approximate surface area is 147 Å². The Morgan fingerprint density at radius 1 is 1.32 bits per heavy atom. The molecule has 128 valence electrons. The number of rotatable bonds is 3. The zero-order valence-corrected chi connectivity index (χ0v) is 14.7. The molecule has 25 heavy (non-hydrogen) atoms. The van der Waals surface area contributed by atoms with Gasteiger partial charge >= 0.3 is 0 Å². The monoisotopic (exact) mass is 335 g/mol. The van der Waals surface area contributed by atoms with E-state index in [4.69, 9.17) is 9.47 Å². The smallest absolute Gasteiger partial charge is 0.258 e. The molecule has 1 unspecified atom stereocenters. The molecule has 4 nitrogen and oxygen atoms in total. The average Bonchev–Trinajstić information content (AvgIpc) is 3.07. The lowest BCUT2D eigenvalue weighted by Crippen LogP contribution is -2.20. The molecule has 0 radical (unpaired) electrons. The van der Waals surface area contributed by atoms with E-state index in [1.165, 1.54) is 0 Å². The average molecular weight is 335 g/mol. The minimum absolute atomic E-state index is 0.00145. The van der Waals surface area contributed by atoms with E-state index >= 15 is 0 Å². The summed E-state index contributed by atoms with van der Waals surface area (Å²) in [6, 6.07) is 11.9. The molecule has 0 N–H and O–H groups in total. The molecule has 1 amide bonds. The van der Waals surface area contributed by atoms with Crippen molar-refractivity contribution in [1.82, 2.24) is 0 Å². The Bertz CT molecular complexity index is 885. The highest BCUT2D eigenvalue weighted by molar-refractivity contribution is 6.35.